The van der Waals surface area contributed by atoms with Gasteiger partial charge in [-0.05, 0) is 36.8 Å². The molecule has 2 aromatic carbocycles. The van der Waals surface area contributed by atoms with Crippen LogP contribution in [0.4, 0.5) is 0 Å². The van der Waals surface area contributed by atoms with Gasteiger partial charge in [-0.25, -0.2) is 13.8 Å². The van der Waals surface area contributed by atoms with Crippen LogP contribution >= 0.6 is 0 Å². The molecule has 26 heavy (non-hydrogen) atoms. The average Bonchev–Trinajstić information content (AvgIpc) is 2.97. The third kappa shape index (κ3) is 4.04. The van der Waals surface area contributed by atoms with Crippen molar-refractivity contribution in [2.24, 2.45) is 11.0 Å². The van der Waals surface area contributed by atoms with E-state index >= 15 is 0 Å². The highest BCUT2D eigenvalue weighted by molar-refractivity contribution is 7.91. The summed E-state index contributed by atoms with van der Waals surface area (Å²) in [7, 11) is -1.34. The Kier molecular flexibility index (Phi) is 5.27. The van der Waals surface area contributed by atoms with Gasteiger partial charge in [-0.15, -0.1) is 0 Å². The molecule has 0 unspecified atom stereocenters. The summed E-state index contributed by atoms with van der Waals surface area (Å²) in [6.45, 7) is 1.83. The number of amides is 1. The zero-order valence-electron chi connectivity index (χ0n) is 14.9. The summed E-state index contributed by atoms with van der Waals surface area (Å²) >= 11 is 0. The lowest BCUT2D eigenvalue weighted by molar-refractivity contribution is -0.121. The monoisotopic (exact) mass is 374 g/mol. The van der Waals surface area contributed by atoms with Crippen molar-refractivity contribution in [1.82, 2.24) is 5.43 Å². The maximum atomic E-state index is 12.1. The molecule has 0 radical (unpaired) electrons. The number of rotatable bonds is 5. The number of hydrazone groups is 1. The number of nitrogens with zero attached hydrogens (tertiary/aromatic N) is 1. The topological polar surface area (TPSA) is 84.8 Å². The number of nitrogens with one attached hydrogen (secondary N) is 1. The number of carbonyl (C=O) groups is 1. The van der Waals surface area contributed by atoms with Crippen LogP contribution < -0.4 is 10.2 Å². The fraction of sp³-hybridized carbons (Fsp3) is 0.368. The number of benzene rings is 2. The van der Waals surface area contributed by atoms with Crippen LogP contribution in [0.3, 0.4) is 0 Å². The molecule has 1 heterocycles. The number of sulfone groups is 1. The summed E-state index contributed by atoms with van der Waals surface area (Å²) in [5.41, 5.74) is 4.14. The molecule has 0 bridgehead atoms. The van der Waals surface area contributed by atoms with Gasteiger partial charge in [0.1, 0.15) is 5.75 Å². The predicted octanol–water partition coefficient (Wildman–Crippen LogP) is 2.51. The molecule has 6 nitrogen and oxygen atoms in total. The smallest absolute Gasteiger partial charge is 0.240 e. The molecule has 1 aliphatic heterocycles. The third-order valence-electron chi connectivity index (χ3n) is 4.64. The first kappa shape index (κ1) is 18.4. The summed E-state index contributed by atoms with van der Waals surface area (Å²) in [5, 5.41) is 6.17. The number of methoxy groups -OCH3 is 1. The third-order valence-corrected chi connectivity index (χ3v) is 6.48. The van der Waals surface area contributed by atoms with E-state index in [2.05, 4.69) is 10.5 Å². The Morgan fingerprint density at radius 1 is 1.23 bits per heavy atom. The zero-order valence-corrected chi connectivity index (χ0v) is 15.7. The Bertz CT molecular complexity index is 967. The summed E-state index contributed by atoms with van der Waals surface area (Å²) in [5.74, 6) is 0.669. The minimum Gasteiger partial charge on any atom is -0.496 e. The summed E-state index contributed by atoms with van der Waals surface area (Å²) in [6, 6.07) is 11.6. The van der Waals surface area contributed by atoms with Gasteiger partial charge in [0, 0.05) is 17.4 Å². The molecule has 1 amide bonds. The lowest BCUT2D eigenvalue weighted by Crippen LogP contribution is -2.22. The number of ether oxygens (including phenoxy) is 1. The molecule has 0 spiro atoms. The van der Waals surface area contributed by atoms with Gasteiger partial charge in [-0.1, -0.05) is 24.3 Å². The van der Waals surface area contributed by atoms with Gasteiger partial charge in [0.05, 0.1) is 24.3 Å². The van der Waals surface area contributed by atoms with E-state index in [1.807, 2.05) is 43.3 Å². The minimum atomic E-state index is -2.97. The van der Waals surface area contributed by atoms with E-state index in [0.29, 0.717) is 12.1 Å². The maximum Gasteiger partial charge on any atom is 0.240 e. The second-order valence-electron chi connectivity index (χ2n) is 6.57. The van der Waals surface area contributed by atoms with E-state index in [1.165, 1.54) is 0 Å². The van der Waals surface area contributed by atoms with Gasteiger partial charge in [0.2, 0.25) is 5.91 Å². The normalized spacial score (nSPS) is 19.5. The lowest BCUT2D eigenvalue weighted by Gasteiger charge is -2.11. The van der Waals surface area contributed by atoms with Crippen molar-refractivity contribution in [3.8, 4) is 5.75 Å². The van der Waals surface area contributed by atoms with E-state index in [1.54, 1.807) is 7.11 Å². The van der Waals surface area contributed by atoms with Crippen LogP contribution in [0.25, 0.3) is 10.8 Å². The van der Waals surface area contributed by atoms with Crippen LogP contribution in [0.2, 0.25) is 0 Å². The van der Waals surface area contributed by atoms with Gasteiger partial charge < -0.3 is 4.74 Å². The van der Waals surface area contributed by atoms with Crippen molar-refractivity contribution < 1.29 is 17.9 Å². The molecule has 1 aliphatic rings. The molecule has 1 atom stereocenters. The molecule has 1 saturated heterocycles. The predicted molar refractivity (Wildman–Crippen MR) is 102 cm³/mol. The van der Waals surface area contributed by atoms with Gasteiger partial charge >= 0.3 is 0 Å². The van der Waals surface area contributed by atoms with E-state index < -0.39 is 9.84 Å². The Morgan fingerprint density at radius 3 is 2.62 bits per heavy atom. The molecular formula is C19H22N2O4S. The van der Waals surface area contributed by atoms with Crippen molar-refractivity contribution in [3.63, 3.8) is 0 Å². The second kappa shape index (κ2) is 7.45. The fourth-order valence-corrected chi connectivity index (χ4v) is 5.17. The van der Waals surface area contributed by atoms with E-state index in [9.17, 15) is 13.2 Å². The molecule has 0 aromatic heterocycles. The molecule has 1 fully saturated rings. The highest BCUT2D eigenvalue weighted by Gasteiger charge is 2.29. The Morgan fingerprint density at radius 2 is 1.96 bits per heavy atom. The molecular weight excluding hydrogens is 352 g/mol. The van der Waals surface area contributed by atoms with Crippen LogP contribution in [-0.2, 0) is 14.6 Å². The molecule has 0 saturated carbocycles. The standard InChI is InChI=1S/C19H22N2O4S/c1-13(20-21-19(22)11-14-9-10-26(23,24)12-14)15-7-8-18(25-2)17-6-4-3-5-16(15)17/h3-8,14H,9-12H2,1-2H3,(H,21,22)/b20-13-/t14-/m0/s1. The lowest BCUT2D eigenvalue weighted by atomic mass is 10.0. The molecule has 7 heteroatoms. The quantitative estimate of drug-likeness (QED) is 0.644. The summed E-state index contributed by atoms with van der Waals surface area (Å²) < 4.78 is 28.4. The largest absolute Gasteiger partial charge is 0.496 e. The molecule has 1 N–H and O–H groups in total. The zero-order chi connectivity index (χ0) is 18.7. The number of hydrogen-bond acceptors (Lipinski definition) is 5. The van der Waals surface area contributed by atoms with E-state index in [0.717, 1.165) is 22.1 Å². The number of fused-ring (bicyclic) bond motifs is 1. The van der Waals surface area contributed by atoms with Gasteiger partial charge in [0.25, 0.3) is 0 Å². The minimum absolute atomic E-state index is 0.0895. The molecule has 138 valence electrons. The first-order chi connectivity index (χ1) is 12.4. The van der Waals surface area contributed by atoms with Gasteiger partial charge in [-0.2, -0.15) is 5.10 Å². The van der Waals surface area contributed by atoms with Gasteiger partial charge in [0.15, 0.2) is 9.84 Å². The van der Waals surface area contributed by atoms with Crippen LogP contribution in [0.15, 0.2) is 41.5 Å². The first-order valence-electron chi connectivity index (χ1n) is 8.49. The van der Waals surface area contributed by atoms with Crippen LogP contribution in [0.1, 0.15) is 25.3 Å². The van der Waals surface area contributed by atoms with Crippen molar-refractivity contribution >= 4 is 32.2 Å². The Labute approximate surface area is 153 Å². The van der Waals surface area contributed by atoms with Crippen LogP contribution in [-0.4, -0.2) is 38.7 Å². The average molecular weight is 374 g/mol. The number of hydrogen-bond donors (Lipinski definition) is 1. The maximum absolute atomic E-state index is 12.1. The van der Waals surface area contributed by atoms with Crippen LogP contribution in [0, 0.1) is 5.92 Å². The van der Waals surface area contributed by atoms with Crippen molar-refractivity contribution in [2.75, 3.05) is 18.6 Å². The van der Waals surface area contributed by atoms with Crippen molar-refractivity contribution in [3.05, 3.63) is 42.0 Å². The fourth-order valence-electron chi connectivity index (χ4n) is 3.31. The Hall–Kier alpha value is -2.41. The van der Waals surface area contributed by atoms with Crippen molar-refractivity contribution in [2.45, 2.75) is 19.8 Å². The SMILES string of the molecule is COc1ccc(/C(C)=N\NC(=O)C[C@@H]2CCS(=O)(=O)C2)c2ccccc12. The molecule has 3 rings (SSSR count). The van der Waals surface area contributed by atoms with Crippen LogP contribution in [0.5, 0.6) is 5.75 Å². The van der Waals surface area contributed by atoms with E-state index in [4.69, 9.17) is 4.74 Å². The van der Waals surface area contributed by atoms with E-state index in [-0.39, 0.29) is 29.8 Å². The highest BCUT2D eigenvalue weighted by atomic mass is 32.2. The second-order valence-corrected chi connectivity index (χ2v) is 8.80. The summed E-state index contributed by atoms with van der Waals surface area (Å²) in [6.07, 6.45) is 0.723. The highest BCUT2D eigenvalue weighted by Crippen LogP contribution is 2.28. The number of carbonyl (C=O) groups excluding carboxylic acids is 1. The van der Waals surface area contributed by atoms with Crippen molar-refractivity contribution in [1.29, 1.82) is 0 Å². The molecule has 2 aromatic rings. The van der Waals surface area contributed by atoms with Gasteiger partial charge in [-0.3, -0.25) is 4.79 Å². The Balaban J connectivity index is 1.74. The first-order valence-corrected chi connectivity index (χ1v) is 10.3. The molecule has 0 aliphatic carbocycles. The summed E-state index contributed by atoms with van der Waals surface area (Å²) in [4.78, 5) is 12.1.